The van der Waals surface area contributed by atoms with Gasteiger partial charge < -0.3 is 10.0 Å². The van der Waals surface area contributed by atoms with Crippen LogP contribution in [-0.2, 0) is 0 Å². The van der Waals surface area contributed by atoms with Crippen LogP contribution in [-0.4, -0.2) is 31.9 Å². The van der Waals surface area contributed by atoms with Crippen molar-refractivity contribution in [2.75, 3.05) is 0 Å². The Morgan fingerprint density at radius 3 is 2.60 bits per heavy atom. The first-order valence-electron chi connectivity index (χ1n) is 4.19. The van der Waals surface area contributed by atoms with E-state index < -0.39 is 12.9 Å². The Morgan fingerprint density at radius 2 is 2.07 bits per heavy atom. The molecule has 0 bridgehead atoms. The summed E-state index contributed by atoms with van der Waals surface area (Å²) in [6.07, 6.45) is 3.77. The first-order chi connectivity index (χ1) is 7.16. The molecule has 0 fully saturated rings. The molecule has 0 unspecified atom stereocenters. The second-order valence-corrected chi connectivity index (χ2v) is 2.93. The van der Waals surface area contributed by atoms with E-state index in [1.54, 1.807) is 0 Å². The second-order valence-electron chi connectivity index (χ2n) is 2.93. The summed E-state index contributed by atoms with van der Waals surface area (Å²) in [5, 5.41) is 21.5. The van der Waals surface area contributed by atoms with Crippen LogP contribution in [0.3, 0.4) is 0 Å². The summed E-state index contributed by atoms with van der Waals surface area (Å²) in [5.74, 6) is -0.0309. The van der Waals surface area contributed by atoms with Gasteiger partial charge in [0, 0.05) is 17.9 Å². The van der Waals surface area contributed by atoms with Crippen molar-refractivity contribution in [1.29, 1.82) is 0 Å². The van der Waals surface area contributed by atoms with Crippen LogP contribution in [0.15, 0.2) is 30.7 Å². The van der Waals surface area contributed by atoms with Gasteiger partial charge in [0.15, 0.2) is 5.82 Å². The summed E-state index contributed by atoms with van der Waals surface area (Å²) in [6.45, 7) is 0. The van der Waals surface area contributed by atoms with Crippen LogP contribution in [0.1, 0.15) is 0 Å². The molecule has 0 saturated heterocycles. The van der Waals surface area contributed by atoms with Gasteiger partial charge in [-0.05, 0) is 12.1 Å². The van der Waals surface area contributed by atoms with Crippen molar-refractivity contribution in [2.45, 2.75) is 0 Å². The highest BCUT2D eigenvalue weighted by Gasteiger charge is 2.13. The molecule has 2 heterocycles. The van der Waals surface area contributed by atoms with Crippen LogP contribution in [0.4, 0.5) is 4.39 Å². The summed E-state index contributed by atoms with van der Waals surface area (Å²) in [6, 6.07) is 2.69. The number of aromatic nitrogens is 3. The number of hydrogen-bond donors (Lipinski definition) is 2. The van der Waals surface area contributed by atoms with E-state index in [0.29, 0.717) is 5.82 Å². The summed E-state index contributed by atoms with van der Waals surface area (Å²) in [4.78, 5) is 3.78. The lowest BCUT2D eigenvalue weighted by atomic mass is 9.83. The monoisotopic (exact) mass is 207 g/mol. The van der Waals surface area contributed by atoms with Crippen molar-refractivity contribution >= 4 is 12.6 Å². The molecular formula is C8H7BFN3O2. The summed E-state index contributed by atoms with van der Waals surface area (Å²) >= 11 is 0. The molecule has 0 aliphatic carbocycles. The highest BCUT2D eigenvalue weighted by atomic mass is 19.1. The molecule has 0 radical (unpaired) electrons. The van der Waals surface area contributed by atoms with Gasteiger partial charge in [-0.3, -0.25) is 0 Å². The van der Waals surface area contributed by atoms with Crippen LogP contribution in [0, 0.1) is 5.82 Å². The number of hydrogen-bond acceptors (Lipinski definition) is 4. The molecule has 0 amide bonds. The smallest absolute Gasteiger partial charge is 0.423 e. The number of rotatable bonds is 2. The third kappa shape index (κ3) is 2.03. The van der Waals surface area contributed by atoms with Crippen molar-refractivity contribution in [1.82, 2.24) is 14.8 Å². The molecule has 7 heteroatoms. The molecule has 0 aromatic carbocycles. The molecule has 0 atom stereocenters. The third-order valence-electron chi connectivity index (χ3n) is 1.85. The lowest BCUT2D eigenvalue weighted by molar-refractivity contribution is 0.426. The van der Waals surface area contributed by atoms with Crippen molar-refractivity contribution in [3.05, 3.63) is 36.5 Å². The van der Waals surface area contributed by atoms with Crippen molar-refractivity contribution in [2.24, 2.45) is 0 Å². The molecule has 76 valence electrons. The van der Waals surface area contributed by atoms with Gasteiger partial charge in [0.1, 0.15) is 5.82 Å². The average molecular weight is 207 g/mol. The van der Waals surface area contributed by atoms with E-state index in [1.807, 2.05) is 0 Å². The van der Waals surface area contributed by atoms with Crippen LogP contribution < -0.4 is 5.46 Å². The van der Waals surface area contributed by atoms with Gasteiger partial charge in [0.25, 0.3) is 0 Å². The fourth-order valence-corrected chi connectivity index (χ4v) is 1.10. The fourth-order valence-electron chi connectivity index (χ4n) is 1.10. The molecular weight excluding hydrogens is 200 g/mol. The quantitative estimate of drug-likeness (QED) is 0.625. The maximum atomic E-state index is 12.6. The molecule has 0 saturated carbocycles. The van der Waals surface area contributed by atoms with E-state index in [2.05, 4.69) is 10.1 Å². The second kappa shape index (κ2) is 3.80. The van der Waals surface area contributed by atoms with Crippen LogP contribution in [0.25, 0.3) is 5.82 Å². The fraction of sp³-hybridized carbons (Fsp3) is 0. The minimum Gasteiger partial charge on any atom is -0.423 e. The standard InChI is InChI=1S/C8H7BFN3O2/c10-7-1-2-8(11-4-7)13-5-6(3-12-13)9(14)15/h1-5,14-15H. The molecule has 0 spiro atoms. The molecule has 2 aromatic heterocycles. The SMILES string of the molecule is OB(O)c1cnn(-c2ccc(F)cn2)c1. The number of nitrogens with zero attached hydrogens (tertiary/aromatic N) is 3. The van der Waals surface area contributed by atoms with Crippen LogP contribution in [0.2, 0.25) is 0 Å². The predicted octanol–water partition coefficient (Wildman–Crippen LogP) is -0.914. The molecule has 5 nitrogen and oxygen atoms in total. The Morgan fingerprint density at radius 1 is 1.27 bits per heavy atom. The molecule has 2 rings (SSSR count). The predicted molar refractivity (Wildman–Crippen MR) is 51.1 cm³/mol. The zero-order valence-electron chi connectivity index (χ0n) is 7.58. The highest BCUT2D eigenvalue weighted by molar-refractivity contribution is 6.58. The lowest BCUT2D eigenvalue weighted by Gasteiger charge is -1.98. The zero-order chi connectivity index (χ0) is 10.8. The van der Waals surface area contributed by atoms with Crippen molar-refractivity contribution in [3.8, 4) is 5.82 Å². The maximum Gasteiger partial charge on any atom is 0.491 e. The average Bonchev–Trinajstić information content (AvgIpc) is 2.68. The van der Waals surface area contributed by atoms with Gasteiger partial charge in [-0.1, -0.05) is 0 Å². The third-order valence-corrected chi connectivity index (χ3v) is 1.85. The Bertz CT molecular complexity index is 457. The molecule has 2 N–H and O–H groups in total. The topological polar surface area (TPSA) is 71.2 Å². The largest absolute Gasteiger partial charge is 0.491 e. The van der Waals surface area contributed by atoms with Gasteiger partial charge in [-0.2, -0.15) is 5.10 Å². The molecule has 0 aliphatic rings. The van der Waals surface area contributed by atoms with Gasteiger partial charge >= 0.3 is 7.12 Å². The number of pyridine rings is 1. The van der Waals surface area contributed by atoms with E-state index in [1.165, 1.54) is 29.2 Å². The Kier molecular flexibility index (Phi) is 2.48. The van der Waals surface area contributed by atoms with Gasteiger partial charge in [-0.15, -0.1) is 0 Å². The Labute approximate surface area is 85.0 Å². The molecule has 15 heavy (non-hydrogen) atoms. The maximum absolute atomic E-state index is 12.6. The minimum absolute atomic E-state index is 0.251. The van der Waals surface area contributed by atoms with E-state index >= 15 is 0 Å². The minimum atomic E-state index is -1.57. The van der Waals surface area contributed by atoms with Crippen molar-refractivity contribution < 1.29 is 14.4 Å². The first-order valence-corrected chi connectivity index (χ1v) is 4.19. The van der Waals surface area contributed by atoms with E-state index in [9.17, 15) is 4.39 Å². The molecule has 0 aliphatic heterocycles. The summed E-state index contributed by atoms with van der Waals surface area (Å²) < 4.78 is 13.9. The van der Waals surface area contributed by atoms with E-state index in [-0.39, 0.29) is 5.46 Å². The van der Waals surface area contributed by atoms with Crippen molar-refractivity contribution in [3.63, 3.8) is 0 Å². The Balaban J connectivity index is 2.33. The highest BCUT2D eigenvalue weighted by Crippen LogP contribution is 2.02. The normalized spacial score (nSPS) is 10.3. The van der Waals surface area contributed by atoms with Crippen LogP contribution >= 0.6 is 0 Å². The first kappa shape index (κ1) is 9.82. The van der Waals surface area contributed by atoms with E-state index in [0.717, 1.165) is 6.20 Å². The van der Waals surface area contributed by atoms with Gasteiger partial charge in [0.05, 0.1) is 6.20 Å². The van der Waals surface area contributed by atoms with Crippen LogP contribution in [0.5, 0.6) is 0 Å². The molecule has 2 aromatic rings. The van der Waals surface area contributed by atoms with E-state index in [4.69, 9.17) is 10.0 Å². The number of halogens is 1. The summed E-state index contributed by atoms with van der Waals surface area (Å²) in [7, 11) is -1.57. The van der Waals surface area contributed by atoms with Gasteiger partial charge in [-0.25, -0.2) is 14.1 Å². The van der Waals surface area contributed by atoms with Gasteiger partial charge in [0.2, 0.25) is 0 Å². The summed E-state index contributed by atoms with van der Waals surface area (Å²) in [5.41, 5.74) is 0.251. The zero-order valence-corrected chi connectivity index (χ0v) is 7.58. The lowest BCUT2D eigenvalue weighted by Crippen LogP contribution is -2.28. The Hall–Kier alpha value is -1.73.